The molecule has 0 aliphatic carbocycles. The van der Waals surface area contributed by atoms with Gasteiger partial charge in [0.15, 0.2) is 0 Å². The molecule has 1 aromatic rings. The van der Waals surface area contributed by atoms with Gasteiger partial charge >= 0.3 is 5.97 Å². The van der Waals surface area contributed by atoms with Crippen LogP contribution in [-0.4, -0.2) is 33.1 Å². The molecule has 0 radical (unpaired) electrons. The van der Waals surface area contributed by atoms with Crippen LogP contribution in [0.25, 0.3) is 0 Å². The Bertz CT molecular complexity index is 377. The Labute approximate surface area is 90.5 Å². The minimum Gasteiger partial charge on any atom is -0.481 e. The molecule has 1 aromatic heterocycles. The van der Waals surface area contributed by atoms with Gasteiger partial charge in [-0.3, -0.25) is 9.59 Å². The van der Waals surface area contributed by atoms with E-state index >= 15 is 0 Å². The molecule has 1 unspecified atom stereocenters. The summed E-state index contributed by atoms with van der Waals surface area (Å²) in [5, 5.41) is 14.8. The third kappa shape index (κ3) is 2.98. The number of hydrogen-bond donors (Lipinski definition) is 2. The Morgan fingerprint density at radius 1 is 1.60 bits per heavy atom. The topological polar surface area (TPSA) is 92.2 Å². The van der Waals surface area contributed by atoms with E-state index in [9.17, 15) is 9.59 Å². The molecule has 6 nitrogen and oxygen atoms in total. The molecule has 1 amide bonds. The van der Waals surface area contributed by atoms with Gasteiger partial charge in [0.2, 0.25) is 0 Å². The van der Waals surface area contributed by atoms with E-state index in [4.69, 9.17) is 5.11 Å². The lowest BCUT2D eigenvalue weighted by Crippen LogP contribution is -2.31. The van der Waals surface area contributed by atoms with Crippen LogP contribution in [0, 0.1) is 12.8 Å². The van der Waals surface area contributed by atoms with E-state index in [2.05, 4.69) is 14.9 Å². The van der Waals surface area contributed by atoms with Gasteiger partial charge in [-0.15, -0.1) is 5.10 Å². The highest BCUT2D eigenvalue weighted by Crippen LogP contribution is 2.08. The van der Waals surface area contributed by atoms with Crippen molar-refractivity contribution in [3.63, 3.8) is 0 Å². The van der Waals surface area contributed by atoms with Crippen molar-refractivity contribution >= 4 is 23.4 Å². The maximum absolute atomic E-state index is 11.5. The first kappa shape index (κ1) is 11.6. The van der Waals surface area contributed by atoms with Crippen molar-refractivity contribution in [3.8, 4) is 0 Å². The number of carbonyl (C=O) groups is 2. The van der Waals surface area contributed by atoms with Crippen molar-refractivity contribution < 1.29 is 14.7 Å². The van der Waals surface area contributed by atoms with Crippen molar-refractivity contribution in [2.75, 3.05) is 6.54 Å². The van der Waals surface area contributed by atoms with E-state index in [-0.39, 0.29) is 12.5 Å². The third-order valence-electron chi connectivity index (χ3n) is 1.85. The lowest BCUT2D eigenvalue weighted by Gasteiger charge is -2.06. The molecule has 0 aliphatic heterocycles. The number of carboxylic acids is 1. The predicted molar refractivity (Wildman–Crippen MR) is 53.8 cm³/mol. The molecule has 0 saturated heterocycles. The first-order valence-corrected chi connectivity index (χ1v) is 5.09. The van der Waals surface area contributed by atoms with Crippen molar-refractivity contribution in [1.29, 1.82) is 0 Å². The van der Waals surface area contributed by atoms with Crippen molar-refractivity contribution in [1.82, 2.24) is 14.9 Å². The van der Waals surface area contributed by atoms with E-state index in [0.29, 0.717) is 10.6 Å². The molecular weight excluding hydrogens is 218 g/mol. The fourth-order valence-corrected chi connectivity index (χ4v) is 1.43. The fourth-order valence-electron chi connectivity index (χ4n) is 0.853. The van der Waals surface area contributed by atoms with E-state index < -0.39 is 11.9 Å². The Morgan fingerprint density at radius 3 is 2.73 bits per heavy atom. The number of hydrogen-bond acceptors (Lipinski definition) is 5. The van der Waals surface area contributed by atoms with Crippen LogP contribution in [0.2, 0.25) is 0 Å². The Hall–Kier alpha value is -1.50. The van der Waals surface area contributed by atoms with Crippen LogP contribution < -0.4 is 5.32 Å². The van der Waals surface area contributed by atoms with E-state index in [1.165, 1.54) is 6.92 Å². The summed E-state index contributed by atoms with van der Waals surface area (Å²) in [6, 6.07) is 0. The number of amides is 1. The second-order valence-corrected chi connectivity index (χ2v) is 3.89. The molecule has 0 aromatic carbocycles. The van der Waals surface area contributed by atoms with Gasteiger partial charge in [-0.05, 0) is 18.5 Å². The maximum atomic E-state index is 11.5. The number of rotatable bonds is 4. The summed E-state index contributed by atoms with van der Waals surface area (Å²) in [5.41, 5.74) is 0.556. The molecule has 0 saturated carbocycles. The Morgan fingerprint density at radius 2 is 2.27 bits per heavy atom. The monoisotopic (exact) mass is 229 g/mol. The minimum atomic E-state index is -0.936. The highest BCUT2D eigenvalue weighted by molar-refractivity contribution is 7.07. The molecular formula is C8H11N3O3S. The lowest BCUT2D eigenvalue weighted by atomic mass is 10.2. The van der Waals surface area contributed by atoms with Crippen LogP contribution in [0.3, 0.4) is 0 Å². The number of nitrogens with zero attached hydrogens (tertiary/aromatic N) is 2. The normalized spacial score (nSPS) is 12.1. The zero-order valence-electron chi connectivity index (χ0n) is 8.35. The highest BCUT2D eigenvalue weighted by atomic mass is 32.1. The average molecular weight is 229 g/mol. The number of carboxylic acid groups (broad SMARTS) is 1. The van der Waals surface area contributed by atoms with Gasteiger partial charge < -0.3 is 10.4 Å². The number of carbonyl (C=O) groups excluding carboxylic acids is 1. The van der Waals surface area contributed by atoms with Gasteiger partial charge in [0.1, 0.15) is 4.88 Å². The Kier molecular flexibility index (Phi) is 3.73. The van der Waals surface area contributed by atoms with Crippen LogP contribution in [0.4, 0.5) is 0 Å². The van der Waals surface area contributed by atoms with Crippen LogP contribution in [-0.2, 0) is 4.79 Å². The standard InChI is InChI=1S/C8H11N3O3S/c1-4(8(13)14)3-9-7(12)6-5(2)10-11-15-6/h4H,3H2,1-2H3,(H,9,12)(H,13,14). The van der Waals surface area contributed by atoms with Gasteiger partial charge in [-0.2, -0.15) is 0 Å². The third-order valence-corrected chi connectivity index (χ3v) is 2.67. The van der Waals surface area contributed by atoms with E-state index in [1.807, 2.05) is 0 Å². The summed E-state index contributed by atoms with van der Waals surface area (Å²) >= 11 is 0.997. The van der Waals surface area contributed by atoms with Crippen LogP contribution in [0.1, 0.15) is 22.3 Å². The maximum Gasteiger partial charge on any atom is 0.308 e. The van der Waals surface area contributed by atoms with E-state index in [1.54, 1.807) is 6.92 Å². The van der Waals surface area contributed by atoms with Gasteiger partial charge in [0.25, 0.3) is 5.91 Å². The van der Waals surface area contributed by atoms with Crippen molar-refractivity contribution in [2.45, 2.75) is 13.8 Å². The molecule has 1 atom stereocenters. The lowest BCUT2D eigenvalue weighted by molar-refractivity contribution is -0.140. The summed E-state index contributed by atoms with van der Waals surface area (Å²) in [4.78, 5) is 22.4. The molecule has 0 spiro atoms. The van der Waals surface area contributed by atoms with Gasteiger partial charge in [0, 0.05) is 6.54 Å². The molecule has 1 heterocycles. The molecule has 0 fully saturated rings. The smallest absolute Gasteiger partial charge is 0.308 e. The molecule has 1 rings (SSSR count). The first-order chi connectivity index (χ1) is 7.02. The second-order valence-electron chi connectivity index (χ2n) is 3.14. The van der Waals surface area contributed by atoms with Crippen molar-refractivity contribution in [2.24, 2.45) is 5.92 Å². The fraction of sp³-hybridized carbons (Fsp3) is 0.500. The SMILES string of the molecule is Cc1nnsc1C(=O)NCC(C)C(=O)O. The predicted octanol–water partition coefficient (Wildman–Crippen LogP) is 0.297. The van der Waals surface area contributed by atoms with Gasteiger partial charge in [-0.1, -0.05) is 11.4 Å². The molecule has 7 heteroatoms. The first-order valence-electron chi connectivity index (χ1n) is 4.32. The number of aryl methyl sites for hydroxylation is 1. The summed E-state index contributed by atoms with van der Waals surface area (Å²) < 4.78 is 3.62. The molecule has 15 heavy (non-hydrogen) atoms. The summed E-state index contributed by atoms with van der Waals surface area (Å²) in [7, 11) is 0. The second kappa shape index (κ2) is 4.83. The van der Waals surface area contributed by atoms with Crippen molar-refractivity contribution in [3.05, 3.63) is 10.6 Å². The highest BCUT2D eigenvalue weighted by Gasteiger charge is 2.16. The zero-order valence-corrected chi connectivity index (χ0v) is 9.17. The van der Waals surface area contributed by atoms with Crippen LogP contribution >= 0.6 is 11.5 Å². The summed E-state index contributed by atoms with van der Waals surface area (Å²) in [6.45, 7) is 3.31. The number of aliphatic carboxylic acids is 1. The van der Waals surface area contributed by atoms with E-state index in [0.717, 1.165) is 11.5 Å². The minimum absolute atomic E-state index is 0.103. The zero-order chi connectivity index (χ0) is 11.4. The number of aromatic nitrogens is 2. The molecule has 2 N–H and O–H groups in total. The largest absolute Gasteiger partial charge is 0.481 e. The van der Waals surface area contributed by atoms with Crippen LogP contribution in [0.15, 0.2) is 0 Å². The number of nitrogens with one attached hydrogen (secondary N) is 1. The van der Waals surface area contributed by atoms with Crippen LogP contribution in [0.5, 0.6) is 0 Å². The quantitative estimate of drug-likeness (QED) is 0.774. The van der Waals surface area contributed by atoms with Gasteiger partial charge in [-0.25, -0.2) is 0 Å². The molecule has 82 valence electrons. The summed E-state index contributed by atoms with van der Waals surface area (Å²) in [6.07, 6.45) is 0. The average Bonchev–Trinajstić information content (AvgIpc) is 2.60. The molecule has 0 bridgehead atoms. The summed E-state index contributed by atoms with van der Waals surface area (Å²) in [5.74, 6) is -1.86. The Balaban J connectivity index is 2.51. The van der Waals surface area contributed by atoms with Gasteiger partial charge in [0.05, 0.1) is 11.6 Å². The molecule has 0 aliphatic rings.